The Balaban J connectivity index is 2.25. The number of nitrogens with one attached hydrogen (secondary N) is 2. The Labute approximate surface area is 95.4 Å². The lowest BCUT2D eigenvalue weighted by molar-refractivity contribution is -0.115. The van der Waals surface area contributed by atoms with Gasteiger partial charge in [-0.2, -0.15) is 0 Å². The molecule has 0 aliphatic rings. The minimum atomic E-state index is -0.515. The number of H-pyrrole nitrogens is 1. The van der Waals surface area contributed by atoms with E-state index in [1.807, 2.05) is 0 Å². The first-order valence-corrected chi connectivity index (χ1v) is 5.21. The SMILES string of the molecule is O=C(CCCl)Nc1ccc2oc(=O)[nH]c2c1. The quantitative estimate of drug-likeness (QED) is 0.802. The van der Waals surface area contributed by atoms with Gasteiger partial charge in [0.25, 0.3) is 0 Å². The fraction of sp³-hybridized carbons (Fsp3) is 0.200. The predicted molar refractivity (Wildman–Crippen MR) is 60.8 cm³/mol. The molecular weight excluding hydrogens is 232 g/mol. The molecule has 1 heterocycles. The molecule has 1 aromatic heterocycles. The van der Waals surface area contributed by atoms with E-state index in [2.05, 4.69) is 10.3 Å². The number of amides is 1. The van der Waals surface area contributed by atoms with Crippen molar-refractivity contribution in [2.45, 2.75) is 6.42 Å². The van der Waals surface area contributed by atoms with Crippen LogP contribution in [0.2, 0.25) is 0 Å². The van der Waals surface area contributed by atoms with Crippen molar-refractivity contribution in [3.8, 4) is 0 Å². The first-order valence-electron chi connectivity index (χ1n) is 4.68. The molecule has 2 aromatic rings. The average Bonchev–Trinajstić information content (AvgIpc) is 2.57. The van der Waals surface area contributed by atoms with E-state index in [9.17, 15) is 9.59 Å². The monoisotopic (exact) mass is 240 g/mol. The Bertz CT molecular complexity index is 573. The Hall–Kier alpha value is -1.75. The summed E-state index contributed by atoms with van der Waals surface area (Å²) in [5.74, 6) is -0.407. The van der Waals surface area contributed by atoms with E-state index in [4.69, 9.17) is 16.0 Å². The Kier molecular flexibility index (Phi) is 2.96. The number of hydrogen-bond acceptors (Lipinski definition) is 3. The number of aromatic nitrogens is 1. The maximum atomic E-state index is 11.3. The molecule has 0 atom stereocenters. The Morgan fingerprint density at radius 2 is 2.31 bits per heavy atom. The number of alkyl halides is 1. The number of carbonyl (C=O) groups excluding carboxylic acids is 1. The molecule has 0 unspecified atom stereocenters. The highest BCUT2D eigenvalue weighted by Gasteiger charge is 2.04. The molecule has 0 spiro atoms. The van der Waals surface area contributed by atoms with Crippen LogP contribution in [0.25, 0.3) is 11.1 Å². The van der Waals surface area contributed by atoms with Gasteiger partial charge in [0.15, 0.2) is 5.58 Å². The molecule has 2 N–H and O–H groups in total. The molecular formula is C10H9ClN2O3. The first kappa shape index (κ1) is 10.8. The third-order valence-corrected chi connectivity index (χ3v) is 2.21. The van der Waals surface area contributed by atoms with Gasteiger partial charge < -0.3 is 9.73 Å². The molecule has 6 heteroatoms. The molecule has 2 rings (SSSR count). The van der Waals surface area contributed by atoms with Crippen molar-refractivity contribution in [1.29, 1.82) is 0 Å². The number of benzene rings is 1. The number of anilines is 1. The molecule has 1 aromatic carbocycles. The summed E-state index contributed by atoms with van der Waals surface area (Å²) in [5.41, 5.74) is 1.61. The molecule has 5 nitrogen and oxygen atoms in total. The van der Waals surface area contributed by atoms with E-state index in [0.29, 0.717) is 16.8 Å². The minimum absolute atomic E-state index is 0.166. The maximum Gasteiger partial charge on any atom is 0.417 e. The minimum Gasteiger partial charge on any atom is -0.408 e. The van der Waals surface area contributed by atoms with Crippen molar-refractivity contribution in [2.75, 3.05) is 11.2 Å². The number of rotatable bonds is 3. The van der Waals surface area contributed by atoms with Crippen LogP contribution in [0.3, 0.4) is 0 Å². The fourth-order valence-electron chi connectivity index (χ4n) is 1.34. The largest absolute Gasteiger partial charge is 0.417 e. The highest BCUT2D eigenvalue weighted by Crippen LogP contribution is 2.16. The van der Waals surface area contributed by atoms with Gasteiger partial charge in [-0.3, -0.25) is 9.78 Å². The Morgan fingerprint density at radius 3 is 3.06 bits per heavy atom. The van der Waals surface area contributed by atoms with E-state index in [0.717, 1.165) is 0 Å². The van der Waals surface area contributed by atoms with Gasteiger partial charge in [0.05, 0.1) is 5.52 Å². The van der Waals surface area contributed by atoms with E-state index >= 15 is 0 Å². The predicted octanol–water partition coefficient (Wildman–Crippen LogP) is 1.69. The molecule has 0 saturated carbocycles. The lowest BCUT2D eigenvalue weighted by Crippen LogP contribution is -2.11. The van der Waals surface area contributed by atoms with E-state index in [1.54, 1.807) is 18.2 Å². The molecule has 0 saturated heterocycles. The van der Waals surface area contributed by atoms with Crippen molar-refractivity contribution in [3.05, 3.63) is 28.7 Å². The first-order chi connectivity index (χ1) is 7.69. The number of carbonyl (C=O) groups is 1. The van der Waals surface area contributed by atoms with Gasteiger partial charge in [-0.25, -0.2) is 4.79 Å². The molecule has 16 heavy (non-hydrogen) atoms. The fourth-order valence-corrected chi connectivity index (χ4v) is 1.51. The van der Waals surface area contributed by atoms with Crippen molar-refractivity contribution < 1.29 is 9.21 Å². The molecule has 1 amide bonds. The van der Waals surface area contributed by atoms with Gasteiger partial charge in [0.2, 0.25) is 5.91 Å². The highest BCUT2D eigenvalue weighted by atomic mass is 35.5. The summed E-state index contributed by atoms with van der Waals surface area (Å²) in [4.78, 5) is 24.7. The summed E-state index contributed by atoms with van der Waals surface area (Å²) >= 11 is 5.44. The zero-order valence-corrected chi connectivity index (χ0v) is 9.00. The third kappa shape index (κ3) is 2.25. The van der Waals surface area contributed by atoms with E-state index < -0.39 is 5.76 Å². The second-order valence-electron chi connectivity index (χ2n) is 3.21. The van der Waals surface area contributed by atoms with Gasteiger partial charge in [-0.05, 0) is 18.2 Å². The maximum absolute atomic E-state index is 11.3. The smallest absolute Gasteiger partial charge is 0.408 e. The van der Waals surface area contributed by atoms with Crippen molar-refractivity contribution in [1.82, 2.24) is 4.98 Å². The number of oxazole rings is 1. The van der Waals surface area contributed by atoms with Crippen LogP contribution in [0.5, 0.6) is 0 Å². The summed E-state index contributed by atoms with van der Waals surface area (Å²) in [6.07, 6.45) is 0.251. The number of fused-ring (bicyclic) bond motifs is 1. The molecule has 0 aliphatic heterocycles. The van der Waals surface area contributed by atoms with Gasteiger partial charge in [0, 0.05) is 18.0 Å². The van der Waals surface area contributed by atoms with Crippen LogP contribution >= 0.6 is 11.6 Å². The number of halogens is 1. The summed E-state index contributed by atoms with van der Waals surface area (Å²) in [5, 5.41) is 2.66. The summed E-state index contributed by atoms with van der Waals surface area (Å²) < 4.78 is 4.83. The topological polar surface area (TPSA) is 75.1 Å². The molecule has 0 aliphatic carbocycles. The van der Waals surface area contributed by atoms with E-state index in [1.165, 1.54) is 0 Å². The Morgan fingerprint density at radius 1 is 1.50 bits per heavy atom. The summed E-state index contributed by atoms with van der Waals surface area (Å²) in [7, 11) is 0. The zero-order chi connectivity index (χ0) is 11.5. The summed E-state index contributed by atoms with van der Waals surface area (Å²) in [6, 6.07) is 4.90. The van der Waals surface area contributed by atoms with Crippen LogP contribution in [0.1, 0.15) is 6.42 Å². The van der Waals surface area contributed by atoms with Crippen LogP contribution in [0.4, 0.5) is 5.69 Å². The molecule has 0 bridgehead atoms. The van der Waals surface area contributed by atoms with Gasteiger partial charge in [0.1, 0.15) is 0 Å². The van der Waals surface area contributed by atoms with Gasteiger partial charge in [-0.15, -0.1) is 11.6 Å². The van der Waals surface area contributed by atoms with Crippen molar-refractivity contribution >= 4 is 34.3 Å². The third-order valence-electron chi connectivity index (χ3n) is 2.02. The van der Waals surface area contributed by atoms with Gasteiger partial charge >= 0.3 is 5.76 Å². The van der Waals surface area contributed by atoms with Crippen LogP contribution in [0, 0.1) is 0 Å². The van der Waals surface area contributed by atoms with Crippen LogP contribution in [0.15, 0.2) is 27.4 Å². The highest BCUT2D eigenvalue weighted by molar-refractivity contribution is 6.19. The molecule has 0 radical (unpaired) electrons. The lowest BCUT2D eigenvalue weighted by Gasteiger charge is -2.02. The second kappa shape index (κ2) is 4.40. The van der Waals surface area contributed by atoms with Gasteiger partial charge in [-0.1, -0.05) is 0 Å². The van der Waals surface area contributed by atoms with Crippen LogP contribution < -0.4 is 11.1 Å². The second-order valence-corrected chi connectivity index (χ2v) is 3.59. The molecule has 84 valence electrons. The van der Waals surface area contributed by atoms with Crippen LogP contribution in [-0.2, 0) is 4.79 Å². The molecule has 0 fully saturated rings. The van der Waals surface area contributed by atoms with Crippen molar-refractivity contribution in [2.24, 2.45) is 0 Å². The van der Waals surface area contributed by atoms with E-state index in [-0.39, 0.29) is 18.2 Å². The number of hydrogen-bond donors (Lipinski definition) is 2. The normalized spacial score (nSPS) is 10.6. The zero-order valence-electron chi connectivity index (χ0n) is 8.25. The standard InChI is InChI=1S/C10H9ClN2O3/c11-4-3-9(14)12-6-1-2-8-7(5-6)13-10(15)16-8/h1-2,5H,3-4H2,(H,12,14)(H,13,15). The van der Waals surface area contributed by atoms with Crippen molar-refractivity contribution in [3.63, 3.8) is 0 Å². The lowest BCUT2D eigenvalue weighted by atomic mass is 10.3. The van der Waals surface area contributed by atoms with Crippen LogP contribution in [-0.4, -0.2) is 16.8 Å². The summed E-state index contributed by atoms with van der Waals surface area (Å²) in [6.45, 7) is 0. The number of aromatic amines is 1. The average molecular weight is 241 g/mol.